The molecule has 0 aliphatic carbocycles. The summed E-state index contributed by atoms with van der Waals surface area (Å²) >= 11 is 0. The van der Waals surface area contributed by atoms with Crippen LogP contribution >= 0.6 is 0 Å². The summed E-state index contributed by atoms with van der Waals surface area (Å²) in [5, 5.41) is 0. The molecular formula is C16H23FN2O. The van der Waals surface area contributed by atoms with Crippen molar-refractivity contribution in [3.05, 3.63) is 35.6 Å². The normalized spacial score (nSPS) is 19.7. The van der Waals surface area contributed by atoms with E-state index in [1.165, 1.54) is 6.07 Å². The fourth-order valence-electron chi connectivity index (χ4n) is 2.87. The second kappa shape index (κ2) is 6.95. The van der Waals surface area contributed by atoms with Crippen molar-refractivity contribution in [2.75, 3.05) is 33.7 Å². The van der Waals surface area contributed by atoms with Gasteiger partial charge in [0.25, 0.3) is 0 Å². The number of likely N-dealkylation sites (N-methyl/N-ethyl adjacent to an activating group) is 1. The second-order valence-electron chi connectivity index (χ2n) is 5.84. The predicted molar refractivity (Wildman–Crippen MR) is 78.3 cm³/mol. The molecule has 1 saturated heterocycles. The van der Waals surface area contributed by atoms with Crippen LogP contribution in [0.4, 0.5) is 4.39 Å². The quantitative estimate of drug-likeness (QED) is 0.795. The Bertz CT molecular complexity index is 462. The summed E-state index contributed by atoms with van der Waals surface area (Å²) in [6.07, 6.45) is 2.48. The molecule has 0 aromatic heterocycles. The van der Waals surface area contributed by atoms with E-state index in [-0.39, 0.29) is 18.0 Å². The molecule has 4 heteroatoms. The lowest BCUT2D eigenvalue weighted by molar-refractivity contribution is -0.119. The summed E-state index contributed by atoms with van der Waals surface area (Å²) in [6.45, 7) is 2.39. The topological polar surface area (TPSA) is 23.6 Å². The number of nitrogens with zero attached hydrogens (tertiary/aromatic N) is 2. The van der Waals surface area contributed by atoms with Crippen LogP contribution in [0.25, 0.3) is 0 Å². The molecule has 1 atom stereocenters. The van der Waals surface area contributed by atoms with E-state index in [1.807, 2.05) is 0 Å². The van der Waals surface area contributed by atoms with Crippen molar-refractivity contribution in [3.63, 3.8) is 0 Å². The molecule has 1 heterocycles. The molecule has 0 N–H and O–H groups in total. The molecule has 1 aromatic carbocycles. The minimum Gasteiger partial charge on any atom is -0.308 e. The van der Waals surface area contributed by atoms with Gasteiger partial charge >= 0.3 is 0 Å². The summed E-state index contributed by atoms with van der Waals surface area (Å²) in [5.41, 5.74) is 0.501. The van der Waals surface area contributed by atoms with Gasteiger partial charge in [-0.25, -0.2) is 4.39 Å². The first-order valence-electron chi connectivity index (χ1n) is 7.20. The van der Waals surface area contributed by atoms with Crippen LogP contribution in [0.15, 0.2) is 24.3 Å². The molecular weight excluding hydrogens is 255 g/mol. The second-order valence-corrected chi connectivity index (χ2v) is 5.84. The fourth-order valence-corrected chi connectivity index (χ4v) is 2.87. The minimum atomic E-state index is -0.285. The lowest BCUT2D eigenvalue weighted by Crippen LogP contribution is -2.40. The number of Topliss-reactive ketones (excluding diaryl/α,β-unsaturated/α-hetero) is 1. The van der Waals surface area contributed by atoms with E-state index in [0.29, 0.717) is 18.2 Å². The van der Waals surface area contributed by atoms with Crippen molar-refractivity contribution in [2.45, 2.75) is 25.3 Å². The highest BCUT2D eigenvalue weighted by Crippen LogP contribution is 2.18. The molecule has 3 nitrogen and oxygen atoms in total. The standard InChI is InChI=1S/C16H23FN2O/c1-18(2)11-14-7-5-9-19(14)12-15(20)10-13-6-3-4-8-16(13)17/h3-4,6,8,14H,5,7,9-12H2,1-2H3. The molecule has 2 rings (SSSR count). The number of carbonyl (C=O) groups is 1. The van der Waals surface area contributed by atoms with E-state index in [4.69, 9.17) is 0 Å². The van der Waals surface area contributed by atoms with Gasteiger partial charge in [0.05, 0.1) is 6.54 Å². The highest BCUT2D eigenvalue weighted by Gasteiger charge is 2.26. The number of benzene rings is 1. The Morgan fingerprint density at radius 3 is 2.85 bits per heavy atom. The molecule has 0 radical (unpaired) electrons. The van der Waals surface area contributed by atoms with Crippen LogP contribution in [0, 0.1) is 5.82 Å². The van der Waals surface area contributed by atoms with Crippen LogP contribution in [0.5, 0.6) is 0 Å². The first kappa shape index (κ1) is 15.1. The monoisotopic (exact) mass is 278 g/mol. The van der Waals surface area contributed by atoms with E-state index < -0.39 is 0 Å². The van der Waals surface area contributed by atoms with Gasteiger partial charge in [0, 0.05) is 19.0 Å². The molecule has 0 bridgehead atoms. The molecule has 0 saturated carbocycles. The van der Waals surface area contributed by atoms with Crippen molar-refractivity contribution in [2.24, 2.45) is 0 Å². The van der Waals surface area contributed by atoms with E-state index in [0.717, 1.165) is 25.9 Å². The molecule has 1 unspecified atom stereocenters. The summed E-state index contributed by atoms with van der Waals surface area (Å²) in [4.78, 5) is 16.5. The zero-order valence-electron chi connectivity index (χ0n) is 12.3. The van der Waals surface area contributed by atoms with Gasteiger partial charge < -0.3 is 4.90 Å². The van der Waals surface area contributed by atoms with Crippen LogP contribution in [-0.4, -0.2) is 55.4 Å². The molecule has 1 aliphatic heterocycles. The van der Waals surface area contributed by atoms with Gasteiger partial charge in [-0.3, -0.25) is 9.69 Å². The van der Waals surface area contributed by atoms with Crippen molar-refractivity contribution in [1.29, 1.82) is 0 Å². The molecule has 0 amide bonds. The molecule has 1 fully saturated rings. The number of rotatable bonds is 6. The van der Waals surface area contributed by atoms with Gasteiger partial charge in [0.15, 0.2) is 5.78 Å². The number of hydrogen-bond donors (Lipinski definition) is 0. The maximum atomic E-state index is 13.5. The van der Waals surface area contributed by atoms with Gasteiger partial charge in [-0.2, -0.15) is 0 Å². The third-order valence-electron chi connectivity index (χ3n) is 3.80. The lowest BCUT2D eigenvalue weighted by Gasteiger charge is -2.26. The molecule has 1 aliphatic rings. The van der Waals surface area contributed by atoms with E-state index in [9.17, 15) is 9.18 Å². The van der Waals surface area contributed by atoms with Crippen molar-refractivity contribution >= 4 is 5.78 Å². The Morgan fingerprint density at radius 1 is 1.40 bits per heavy atom. The number of halogens is 1. The van der Waals surface area contributed by atoms with E-state index in [1.54, 1.807) is 18.2 Å². The van der Waals surface area contributed by atoms with E-state index >= 15 is 0 Å². The van der Waals surface area contributed by atoms with Crippen LogP contribution in [0.1, 0.15) is 18.4 Å². The van der Waals surface area contributed by atoms with Crippen LogP contribution in [-0.2, 0) is 11.2 Å². The average molecular weight is 278 g/mol. The van der Waals surface area contributed by atoms with E-state index in [2.05, 4.69) is 23.9 Å². The summed E-state index contributed by atoms with van der Waals surface area (Å²) < 4.78 is 13.5. The molecule has 110 valence electrons. The highest BCUT2D eigenvalue weighted by molar-refractivity contribution is 5.82. The Labute approximate surface area is 120 Å². The minimum absolute atomic E-state index is 0.0979. The van der Waals surface area contributed by atoms with Crippen LogP contribution < -0.4 is 0 Å². The van der Waals surface area contributed by atoms with Crippen molar-refractivity contribution < 1.29 is 9.18 Å². The maximum Gasteiger partial charge on any atom is 0.151 e. The Morgan fingerprint density at radius 2 is 2.15 bits per heavy atom. The Hall–Kier alpha value is -1.26. The van der Waals surface area contributed by atoms with Gasteiger partial charge in [-0.05, 0) is 45.1 Å². The van der Waals surface area contributed by atoms with Gasteiger partial charge in [-0.1, -0.05) is 18.2 Å². The maximum absolute atomic E-state index is 13.5. The highest BCUT2D eigenvalue weighted by atomic mass is 19.1. The first-order valence-corrected chi connectivity index (χ1v) is 7.20. The third kappa shape index (κ3) is 4.12. The predicted octanol–water partition coefficient (Wildman–Crippen LogP) is 1.96. The smallest absolute Gasteiger partial charge is 0.151 e. The number of hydrogen-bond acceptors (Lipinski definition) is 3. The Balaban J connectivity index is 1.89. The fraction of sp³-hybridized carbons (Fsp3) is 0.562. The van der Waals surface area contributed by atoms with Crippen molar-refractivity contribution in [3.8, 4) is 0 Å². The average Bonchev–Trinajstić information content (AvgIpc) is 2.78. The van der Waals surface area contributed by atoms with Gasteiger partial charge in [0.2, 0.25) is 0 Å². The number of likely N-dealkylation sites (tertiary alicyclic amines) is 1. The SMILES string of the molecule is CN(C)CC1CCCN1CC(=O)Cc1ccccc1F. The largest absolute Gasteiger partial charge is 0.308 e. The third-order valence-corrected chi connectivity index (χ3v) is 3.80. The molecule has 1 aromatic rings. The zero-order chi connectivity index (χ0) is 14.5. The summed E-state index contributed by atoms with van der Waals surface area (Å²) in [7, 11) is 4.11. The zero-order valence-corrected chi connectivity index (χ0v) is 12.3. The van der Waals surface area contributed by atoms with Crippen LogP contribution in [0.2, 0.25) is 0 Å². The van der Waals surface area contributed by atoms with Gasteiger partial charge in [0.1, 0.15) is 5.82 Å². The molecule has 0 spiro atoms. The van der Waals surface area contributed by atoms with Crippen LogP contribution in [0.3, 0.4) is 0 Å². The number of carbonyl (C=O) groups excluding carboxylic acids is 1. The number of ketones is 1. The molecule has 20 heavy (non-hydrogen) atoms. The van der Waals surface area contributed by atoms with Gasteiger partial charge in [-0.15, -0.1) is 0 Å². The Kier molecular flexibility index (Phi) is 5.26. The lowest BCUT2D eigenvalue weighted by atomic mass is 10.1. The first-order chi connectivity index (χ1) is 9.56. The summed E-state index contributed by atoms with van der Waals surface area (Å²) in [6, 6.07) is 6.98. The summed E-state index contributed by atoms with van der Waals surface area (Å²) in [5.74, 6) is -0.187. The van der Waals surface area contributed by atoms with Crippen molar-refractivity contribution in [1.82, 2.24) is 9.80 Å².